The average molecular weight is 491 g/mol. The normalized spacial score (nSPS) is 12.6. The van der Waals surface area contributed by atoms with Gasteiger partial charge in [0.05, 0.1) is 12.7 Å². The Morgan fingerprint density at radius 2 is 1.69 bits per heavy atom. The van der Waals surface area contributed by atoms with Gasteiger partial charge in [-0.3, -0.25) is 0 Å². The van der Waals surface area contributed by atoms with Gasteiger partial charge in [0, 0.05) is 11.6 Å². The van der Waals surface area contributed by atoms with E-state index in [1.807, 2.05) is 24.3 Å². The summed E-state index contributed by atoms with van der Waals surface area (Å²) in [4.78, 5) is 11.0. The number of hydrogen-bond donors (Lipinski definition) is 1. The van der Waals surface area contributed by atoms with Crippen molar-refractivity contribution in [2.24, 2.45) is 5.92 Å². The van der Waals surface area contributed by atoms with Gasteiger partial charge in [-0.05, 0) is 65.6 Å². The quantitative estimate of drug-likeness (QED) is 0.159. The first-order chi connectivity index (χ1) is 17.4. The molecule has 190 valence electrons. The minimum Gasteiger partial charge on any atom is -0.494 e. The van der Waals surface area contributed by atoms with Gasteiger partial charge >= 0.3 is 5.97 Å². The van der Waals surface area contributed by atoms with Crippen LogP contribution in [-0.4, -0.2) is 30.4 Å². The van der Waals surface area contributed by atoms with Gasteiger partial charge in [0.2, 0.25) is 0 Å². The van der Waals surface area contributed by atoms with E-state index in [9.17, 15) is 14.3 Å². The summed E-state index contributed by atoms with van der Waals surface area (Å²) in [5.74, 6) is 0.497. The Kier molecular flexibility index (Phi) is 10.3. The fraction of sp³-hybridized carbons (Fsp3) is 0.323. The lowest BCUT2D eigenvalue weighted by Gasteiger charge is -2.12. The molecule has 36 heavy (non-hydrogen) atoms. The summed E-state index contributed by atoms with van der Waals surface area (Å²) < 4.78 is 25.5. The van der Waals surface area contributed by atoms with Crippen LogP contribution in [0.5, 0.6) is 5.75 Å². The van der Waals surface area contributed by atoms with E-state index in [-0.39, 0.29) is 12.4 Å². The number of rotatable bonds is 13. The molecular formula is C31H35FO4. The van der Waals surface area contributed by atoms with E-state index in [1.54, 1.807) is 18.2 Å². The molecule has 0 heterocycles. The van der Waals surface area contributed by atoms with E-state index in [0.29, 0.717) is 36.7 Å². The number of ether oxygens (including phenoxy) is 2. The monoisotopic (exact) mass is 490 g/mol. The van der Waals surface area contributed by atoms with Crippen LogP contribution in [0.25, 0.3) is 22.3 Å². The minimum absolute atomic E-state index is 0.0621. The second-order valence-corrected chi connectivity index (χ2v) is 9.11. The number of aliphatic hydroxyl groups excluding tert-OH is 1. The molecule has 0 aliphatic heterocycles. The molecule has 0 fully saturated rings. The van der Waals surface area contributed by atoms with Gasteiger partial charge in [-0.2, -0.15) is 0 Å². The van der Waals surface area contributed by atoms with Gasteiger partial charge < -0.3 is 14.6 Å². The Morgan fingerprint density at radius 3 is 2.33 bits per heavy atom. The van der Waals surface area contributed by atoms with Crippen molar-refractivity contribution >= 4 is 5.97 Å². The fourth-order valence-electron chi connectivity index (χ4n) is 3.87. The van der Waals surface area contributed by atoms with Crippen molar-refractivity contribution in [2.45, 2.75) is 45.6 Å². The molecule has 2 atom stereocenters. The number of hydrogen-bond acceptors (Lipinski definition) is 4. The van der Waals surface area contributed by atoms with Crippen LogP contribution in [0.2, 0.25) is 0 Å². The number of carbonyl (C=O) groups excluding carboxylic acids is 1. The second kappa shape index (κ2) is 13.6. The number of esters is 1. The first-order valence-corrected chi connectivity index (χ1v) is 12.5. The smallest absolute Gasteiger partial charge is 0.330 e. The molecule has 5 heteroatoms. The molecule has 0 bridgehead atoms. The van der Waals surface area contributed by atoms with Crippen LogP contribution < -0.4 is 4.74 Å². The van der Waals surface area contributed by atoms with E-state index in [0.717, 1.165) is 35.6 Å². The highest BCUT2D eigenvalue weighted by molar-refractivity contribution is 5.81. The predicted molar refractivity (Wildman–Crippen MR) is 142 cm³/mol. The molecule has 0 saturated heterocycles. The van der Waals surface area contributed by atoms with Gasteiger partial charge in [0.1, 0.15) is 18.2 Å². The first kappa shape index (κ1) is 27.2. The highest BCUT2D eigenvalue weighted by Crippen LogP contribution is 2.29. The van der Waals surface area contributed by atoms with Crippen LogP contribution in [0.1, 0.15) is 38.7 Å². The molecule has 0 aromatic heterocycles. The summed E-state index contributed by atoms with van der Waals surface area (Å²) in [7, 11) is 0. The topological polar surface area (TPSA) is 55.8 Å². The molecule has 0 saturated carbocycles. The molecule has 1 N–H and O–H groups in total. The maximum atomic E-state index is 15.0. The van der Waals surface area contributed by atoms with E-state index >= 15 is 0 Å². The molecule has 0 aliphatic carbocycles. The van der Waals surface area contributed by atoms with Crippen molar-refractivity contribution in [1.82, 2.24) is 0 Å². The van der Waals surface area contributed by atoms with Crippen molar-refractivity contribution in [3.63, 3.8) is 0 Å². The van der Waals surface area contributed by atoms with Crippen molar-refractivity contribution in [3.8, 4) is 28.0 Å². The van der Waals surface area contributed by atoms with E-state index in [4.69, 9.17) is 9.47 Å². The van der Waals surface area contributed by atoms with Gasteiger partial charge in [-0.25, -0.2) is 9.18 Å². The maximum absolute atomic E-state index is 15.0. The summed E-state index contributed by atoms with van der Waals surface area (Å²) >= 11 is 0. The first-order valence-electron chi connectivity index (χ1n) is 12.5. The third-order valence-corrected chi connectivity index (χ3v) is 6.24. The van der Waals surface area contributed by atoms with Gasteiger partial charge in [0.25, 0.3) is 0 Å². The van der Waals surface area contributed by atoms with Crippen LogP contribution in [0.3, 0.4) is 0 Å². The zero-order valence-electron chi connectivity index (χ0n) is 21.1. The molecule has 3 aromatic rings. The molecule has 0 amide bonds. The van der Waals surface area contributed by atoms with Crippen LogP contribution in [0.4, 0.5) is 4.39 Å². The standard InChI is InChI=1S/C31H35FO4/c1-4-22(3)19-23-8-10-24(11-9-23)26-14-17-29(30(32)20-26)25-12-15-28(16-13-25)35-18-6-7-27(33)21-36-31(34)5-2/h5,8-17,20,22,27,33H,2,4,6-7,18-19,21H2,1,3H3. The van der Waals surface area contributed by atoms with Gasteiger partial charge in [-0.1, -0.05) is 75.4 Å². The molecule has 4 nitrogen and oxygen atoms in total. The molecule has 0 spiro atoms. The van der Waals surface area contributed by atoms with E-state index in [1.165, 1.54) is 5.56 Å². The number of benzene rings is 3. The fourth-order valence-corrected chi connectivity index (χ4v) is 3.87. The van der Waals surface area contributed by atoms with Crippen LogP contribution in [-0.2, 0) is 16.0 Å². The van der Waals surface area contributed by atoms with Crippen molar-refractivity contribution in [2.75, 3.05) is 13.2 Å². The largest absolute Gasteiger partial charge is 0.494 e. The zero-order chi connectivity index (χ0) is 25.9. The second-order valence-electron chi connectivity index (χ2n) is 9.11. The summed E-state index contributed by atoms with van der Waals surface area (Å²) in [6, 6.07) is 21.0. The molecule has 3 aromatic carbocycles. The summed E-state index contributed by atoms with van der Waals surface area (Å²) in [6.45, 7) is 8.11. The molecular weight excluding hydrogens is 455 g/mol. The van der Waals surface area contributed by atoms with Crippen LogP contribution in [0, 0.1) is 11.7 Å². The number of carbonyl (C=O) groups is 1. The summed E-state index contributed by atoms with van der Waals surface area (Å²) in [5, 5.41) is 9.82. The lowest BCUT2D eigenvalue weighted by atomic mass is 9.95. The maximum Gasteiger partial charge on any atom is 0.330 e. The van der Waals surface area contributed by atoms with Crippen molar-refractivity contribution in [3.05, 3.63) is 90.8 Å². The van der Waals surface area contributed by atoms with Crippen molar-refractivity contribution < 1.29 is 23.8 Å². The van der Waals surface area contributed by atoms with Crippen LogP contribution in [0.15, 0.2) is 79.4 Å². The van der Waals surface area contributed by atoms with E-state index in [2.05, 4.69) is 44.7 Å². The highest BCUT2D eigenvalue weighted by atomic mass is 19.1. The Hall–Kier alpha value is -3.44. The lowest BCUT2D eigenvalue weighted by molar-refractivity contribution is -0.140. The average Bonchev–Trinajstić information content (AvgIpc) is 2.90. The Balaban J connectivity index is 1.53. The third kappa shape index (κ3) is 8.06. The number of halogens is 1. The SMILES string of the molecule is C=CC(=O)OCC(O)CCCOc1ccc(-c2ccc(-c3ccc(CC(C)CC)cc3)cc2F)cc1. The van der Waals surface area contributed by atoms with Crippen LogP contribution >= 0.6 is 0 Å². The molecule has 3 rings (SSSR count). The highest BCUT2D eigenvalue weighted by Gasteiger charge is 2.10. The summed E-state index contributed by atoms with van der Waals surface area (Å²) in [6.07, 6.45) is 3.58. The molecule has 2 unspecified atom stereocenters. The zero-order valence-corrected chi connectivity index (χ0v) is 21.1. The summed E-state index contributed by atoms with van der Waals surface area (Å²) in [5.41, 5.74) is 4.47. The molecule has 0 radical (unpaired) electrons. The Morgan fingerprint density at radius 1 is 1.03 bits per heavy atom. The molecule has 0 aliphatic rings. The predicted octanol–water partition coefficient (Wildman–Crippen LogP) is 7.00. The third-order valence-electron chi connectivity index (χ3n) is 6.24. The Bertz CT molecular complexity index is 1120. The Labute approximate surface area is 213 Å². The lowest BCUT2D eigenvalue weighted by Crippen LogP contribution is -2.18. The van der Waals surface area contributed by atoms with Gasteiger partial charge in [0.15, 0.2) is 0 Å². The van der Waals surface area contributed by atoms with E-state index < -0.39 is 12.1 Å². The van der Waals surface area contributed by atoms with Crippen molar-refractivity contribution in [1.29, 1.82) is 0 Å². The number of aliphatic hydroxyl groups is 1. The van der Waals surface area contributed by atoms with Gasteiger partial charge in [-0.15, -0.1) is 0 Å². The minimum atomic E-state index is -0.742.